The number of aryl methyl sites for hydroxylation is 1. The second-order valence-corrected chi connectivity index (χ2v) is 5.07. The summed E-state index contributed by atoms with van der Waals surface area (Å²) in [5, 5.41) is 9.14. The molecule has 3 nitrogen and oxygen atoms in total. The second-order valence-electron chi connectivity index (χ2n) is 5.07. The van der Waals surface area contributed by atoms with E-state index >= 15 is 0 Å². The molecule has 17 heavy (non-hydrogen) atoms. The molecule has 0 radical (unpaired) electrons. The summed E-state index contributed by atoms with van der Waals surface area (Å²) in [7, 11) is 1.64. The molecule has 0 atom stereocenters. The first-order valence-electron chi connectivity index (χ1n) is 5.66. The number of carboxylic acid groups (broad SMARTS) is 1. The molecule has 1 N–H and O–H groups in total. The molecule has 3 heteroatoms. The number of aliphatic carboxylic acids is 1. The Labute approximate surface area is 102 Å². The van der Waals surface area contributed by atoms with Crippen LogP contribution in [-0.2, 0) is 11.2 Å². The third-order valence-corrected chi connectivity index (χ3v) is 3.13. The highest BCUT2D eigenvalue weighted by molar-refractivity contribution is 5.74. The van der Waals surface area contributed by atoms with E-state index in [-0.39, 0.29) is 0 Å². The topological polar surface area (TPSA) is 46.5 Å². The van der Waals surface area contributed by atoms with E-state index in [2.05, 4.69) is 0 Å². The Morgan fingerprint density at radius 1 is 1.35 bits per heavy atom. The van der Waals surface area contributed by atoms with Crippen molar-refractivity contribution in [2.24, 2.45) is 5.41 Å². The van der Waals surface area contributed by atoms with Crippen molar-refractivity contribution in [1.82, 2.24) is 0 Å². The van der Waals surface area contributed by atoms with Crippen LogP contribution in [0.15, 0.2) is 12.1 Å². The van der Waals surface area contributed by atoms with Crippen LogP contribution in [0, 0.1) is 19.3 Å². The van der Waals surface area contributed by atoms with Crippen LogP contribution in [-0.4, -0.2) is 18.2 Å². The zero-order valence-corrected chi connectivity index (χ0v) is 11.1. The van der Waals surface area contributed by atoms with E-state index in [9.17, 15) is 4.79 Å². The Kier molecular flexibility index (Phi) is 3.81. The smallest absolute Gasteiger partial charge is 0.309 e. The lowest BCUT2D eigenvalue weighted by atomic mass is 9.84. The highest BCUT2D eigenvalue weighted by atomic mass is 16.5. The summed E-state index contributed by atoms with van der Waals surface area (Å²) in [6.07, 6.45) is 0.505. The van der Waals surface area contributed by atoms with Gasteiger partial charge < -0.3 is 9.84 Å². The first kappa shape index (κ1) is 13.6. The van der Waals surface area contributed by atoms with Crippen LogP contribution < -0.4 is 4.74 Å². The Morgan fingerprint density at radius 2 is 1.94 bits per heavy atom. The van der Waals surface area contributed by atoms with Crippen molar-refractivity contribution < 1.29 is 14.6 Å². The van der Waals surface area contributed by atoms with E-state index in [1.54, 1.807) is 21.0 Å². The number of rotatable bonds is 4. The summed E-state index contributed by atoms with van der Waals surface area (Å²) in [5.74, 6) is 0.0696. The molecule has 0 unspecified atom stereocenters. The number of carbonyl (C=O) groups is 1. The Bertz CT molecular complexity index is 433. The zero-order chi connectivity index (χ0) is 13.2. The maximum atomic E-state index is 11.1. The quantitative estimate of drug-likeness (QED) is 0.874. The van der Waals surface area contributed by atoms with Crippen LogP contribution in [0.25, 0.3) is 0 Å². The first-order valence-corrected chi connectivity index (χ1v) is 5.66. The number of benzene rings is 1. The van der Waals surface area contributed by atoms with Crippen LogP contribution in [0.3, 0.4) is 0 Å². The summed E-state index contributed by atoms with van der Waals surface area (Å²) in [4.78, 5) is 11.1. The van der Waals surface area contributed by atoms with Crippen LogP contribution in [0.2, 0.25) is 0 Å². The van der Waals surface area contributed by atoms with E-state index in [4.69, 9.17) is 9.84 Å². The van der Waals surface area contributed by atoms with Gasteiger partial charge in [0.05, 0.1) is 12.5 Å². The first-order chi connectivity index (χ1) is 7.79. The number of carboxylic acids is 1. The molecule has 0 heterocycles. The molecule has 1 rings (SSSR count). The van der Waals surface area contributed by atoms with Crippen LogP contribution in [0.5, 0.6) is 5.75 Å². The SMILES string of the molecule is COc1c(C)ccc(CC(C)(C)C(=O)O)c1C. The van der Waals surface area contributed by atoms with E-state index in [1.807, 2.05) is 26.0 Å². The number of hydrogen-bond acceptors (Lipinski definition) is 2. The highest BCUT2D eigenvalue weighted by Crippen LogP contribution is 2.30. The van der Waals surface area contributed by atoms with E-state index in [0.717, 1.165) is 22.4 Å². The molecular weight excluding hydrogens is 216 g/mol. The predicted molar refractivity (Wildman–Crippen MR) is 67.6 cm³/mol. The summed E-state index contributed by atoms with van der Waals surface area (Å²) in [5.41, 5.74) is 2.37. The van der Waals surface area contributed by atoms with Crippen molar-refractivity contribution in [2.45, 2.75) is 34.1 Å². The van der Waals surface area contributed by atoms with Gasteiger partial charge in [-0.25, -0.2) is 0 Å². The molecule has 0 aliphatic carbocycles. The highest BCUT2D eigenvalue weighted by Gasteiger charge is 2.28. The number of methoxy groups -OCH3 is 1. The standard InChI is InChI=1S/C14H20O3/c1-9-6-7-11(10(2)12(9)17-5)8-14(3,4)13(15)16/h6-7H,8H2,1-5H3,(H,15,16). The van der Waals surface area contributed by atoms with Crippen molar-refractivity contribution >= 4 is 5.97 Å². The Balaban J connectivity index is 3.13. The van der Waals surface area contributed by atoms with Crippen molar-refractivity contribution in [3.05, 3.63) is 28.8 Å². The molecular formula is C14H20O3. The minimum Gasteiger partial charge on any atom is -0.496 e. The molecule has 0 saturated heterocycles. The molecule has 0 spiro atoms. The van der Waals surface area contributed by atoms with E-state index in [0.29, 0.717) is 6.42 Å². The van der Waals surface area contributed by atoms with Crippen LogP contribution >= 0.6 is 0 Å². The van der Waals surface area contributed by atoms with Crippen molar-refractivity contribution in [2.75, 3.05) is 7.11 Å². The fourth-order valence-electron chi connectivity index (χ4n) is 1.93. The summed E-state index contributed by atoms with van der Waals surface area (Å²) >= 11 is 0. The zero-order valence-electron chi connectivity index (χ0n) is 11.1. The van der Waals surface area contributed by atoms with Gasteiger partial charge in [0.1, 0.15) is 5.75 Å². The van der Waals surface area contributed by atoms with Gasteiger partial charge in [0.2, 0.25) is 0 Å². The lowest BCUT2D eigenvalue weighted by Crippen LogP contribution is -2.26. The maximum Gasteiger partial charge on any atom is 0.309 e. The maximum absolute atomic E-state index is 11.1. The van der Waals surface area contributed by atoms with Gasteiger partial charge in [-0.2, -0.15) is 0 Å². The van der Waals surface area contributed by atoms with Gasteiger partial charge in [-0.15, -0.1) is 0 Å². The average molecular weight is 236 g/mol. The Hall–Kier alpha value is -1.51. The van der Waals surface area contributed by atoms with Crippen LogP contribution in [0.1, 0.15) is 30.5 Å². The van der Waals surface area contributed by atoms with Crippen LogP contribution in [0.4, 0.5) is 0 Å². The lowest BCUT2D eigenvalue weighted by Gasteiger charge is -2.21. The minimum atomic E-state index is -0.781. The molecule has 0 bridgehead atoms. The van der Waals surface area contributed by atoms with Crippen molar-refractivity contribution in [1.29, 1.82) is 0 Å². The molecule has 0 saturated carbocycles. The molecule has 1 aromatic rings. The molecule has 0 fully saturated rings. The van der Waals surface area contributed by atoms with E-state index in [1.165, 1.54) is 0 Å². The lowest BCUT2D eigenvalue weighted by molar-refractivity contribution is -0.146. The van der Waals surface area contributed by atoms with E-state index < -0.39 is 11.4 Å². The van der Waals surface area contributed by atoms with Gasteiger partial charge in [-0.3, -0.25) is 4.79 Å². The summed E-state index contributed by atoms with van der Waals surface area (Å²) < 4.78 is 5.34. The van der Waals surface area contributed by atoms with Gasteiger partial charge in [-0.1, -0.05) is 12.1 Å². The van der Waals surface area contributed by atoms with Gasteiger partial charge >= 0.3 is 5.97 Å². The van der Waals surface area contributed by atoms with Gasteiger partial charge in [0.25, 0.3) is 0 Å². The largest absolute Gasteiger partial charge is 0.496 e. The molecule has 1 aromatic carbocycles. The third-order valence-electron chi connectivity index (χ3n) is 3.13. The summed E-state index contributed by atoms with van der Waals surface area (Å²) in [6.45, 7) is 7.43. The monoisotopic (exact) mass is 236 g/mol. The number of hydrogen-bond donors (Lipinski definition) is 1. The number of ether oxygens (including phenoxy) is 1. The molecule has 94 valence electrons. The predicted octanol–water partition coefficient (Wildman–Crippen LogP) is 2.97. The molecule has 0 aliphatic rings. The normalized spacial score (nSPS) is 11.4. The van der Waals surface area contributed by atoms with Gasteiger partial charge in [0, 0.05) is 0 Å². The second kappa shape index (κ2) is 4.78. The Morgan fingerprint density at radius 3 is 2.41 bits per heavy atom. The molecule has 0 aliphatic heterocycles. The van der Waals surface area contributed by atoms with Crippen molar-refractivity contribution in [3.63, 3.8) is 0 Å². The fraction of sp³-hybridized carbons (Fsp3) is 0.500. The third kappa shape index (κ3) is 2.78. The fourth-order valence-corrected chi connectivity index (χ4v) is 1.93. The minimum absolute atomic E-state index is 0.505. The summed E-state index contributed by atoms with van der Waals surface area (Å²) in [6, 6.07) is 3.96. The van der Waals surface area contributed by atoms with Gasteiger partial charge in [-0.05, 0) is 50.8 Å². The molecule has 0 aromatic heterocycles. The van der Waals surface area contributed by atoms with Crippen molar-refractivity contribution in [3.8, 4) is 5.75 Å². The van der Waals surface area contributed by atoms with Gasteiger partial charge in [0.15, 0.2) is 0 Å². The average Bonchev–Trinajstić information content (AvgIpc) is 2.23. The molecule has 0 amide bonds.